The number of hydrogen-bond donors (Lipinski definition) is 2. The number of esters is 1. The Labute approximate surface area is 184 Å². The van der Waals surface area contributed by atoms with E-state index in [-0.39, 0.29) is 11.9 Å². The second-order valence-electron chi connectivity index (χ2n) is 9.58. The van der Waals surface area contributed by atoms with Crippen LogP contribution in [-0.4, -0.2) is 44.3 Å². The quantitative estimate of drug-likeness (QED) is 0.619. The van der Waals surface area contributed by atoms with Crippen molar-refractivity contribution in [1.82, 2.24) is 14.9 Å². The molecule has 1 saturated carbocycles. The Morgan fingerprint density at radius 2 is 1.90 bits per heavy atom. The summed E-state index contributed by atoms with van der Waals surface area (Å²) in [5.74, 6) is -0.376. The zero-order chi connectivity index (χ0) is 22.6. The monoisotopic (exact) mass is 429 g/mol. The van der Waals surface area contributed by atoms with Crippen molar-refractivity contribution in [3.8, 4) is 0 Å². The lowest BCUT2D eigenvalue weighted by Gasteiger charge is -2.33. The topological polar surface area (TPSA) is 93.5 Å². The zero-order valence-electron chi connectivity index (χ0n) is 19.1. The lowest BCUT2D eigenvalue weighted by Crippen LogP contribution is -2.53. The summed E-state index contributed by atoms with van der Waals surface area (Å²) >= 11 is 0. The Balaban J connectivity index is 1.74. The highest BCUT2D eigenvalue weighted by Crippen LogP contribution is 2.28. The summed E-state index contributed by atoms with van der Waals surface area (Å²) < 4.78 is 7.65. The molecule has 3 rings (SSSR count). The molecule has 170 valence electrons. The largest absolute Gasteiger partial charge is 0.480 e. The van der Waals surface area contributed by atoms with Crippen LogP contribution in [0.4, 0.5) is 0 Å². The van der Waals surface area contributed by atoms with Crippen LogP contribution in [0.25, 0.3) is 11.0 Å². The molecule has 7 nitrogen and oxygen atoms in total. The first-order valence-corrected chi connectivity index (χ1v) is 11.3. The number of rotatable bonds is 8. The molecular weight excluding hydrogens is 394 g/mol. The number of carbonyl (C=O) groups is 2. The van der Waals surface area contributed by atoms with Crippen molar-refractivity contribution in [3.05, 3.63) is 30.1 Å². The summed E-state index contributed by atoms with van der Waals surface area (Å²) in [6, 6.07) is 6.40. The van der Waals surface area contributed by atoms with Gasteiger partial charge in [0.05, 0.1) is 11.0 Å². The Morgan fingerprint density at radius 3 is 2.52 bits per heavy atom. The van der Waals surface area contributed by atoms with Gasteiger partial charge in [0.15, 0.2) is 0 Å². The van der Waals surface area contributed by atoms with Gasteiger partial charge >= 0.3 is 11.9 Å². The number of carbonyl (C=O) groups excluding carboxylic acids is 1. The van der Waals surface area contributed by atoms with E-state index in [1.807, 2.05) is 56.7 Å². The minimum Gasteiger partial charge on any atom is -0.480 e. The fourth-order valence-corrected chi connectivity index (χ4v) is 4.42. The molecule has 1 unspecified atom stereocenters. The minimum atomic E-state index is -0.955. The molecule has 1 heterocycles. The van der Waals surface area contributed by atoms with Crippen LogP contribution in [0.5, 0.6) is 0 Å². The van der Waals surface area contributed by atoms with Crippen LogP contribution in [0, 0.1) is 5.92 Å². The number of carboxylic acid groups (broad SMARTS) is 1. The summed E-state index contributed by atoms with van der Waals surface area (Å²) in [6.07, 6.45) is 5.94. The van der Waals surface area contributed by atoms with Gasteiger partial charge in [-0.05, 0) is 58.1 Å². The van der Waals surface area contributed by atoms with Gasteiger partial charge in [0, 0.05) is 13.5 Å². The van der Waals surface area contributed by atoms with Gasteiger partial charge in [-0.2, -0.15) is 0 Å². The van der Waals surface area contributed by atoms with Crippen molar-refractivity contribution in [2.75, 3.05) is 0 Å². The molecule has 0 spiro atoms. The SMILES string of the molecule is Cn1c(CCC(N[C@H](C(=O)OC(C)(C)C)C2CCCCC2)C(=O)O)nc2ccccc21. The molecule has 0 amide bonds. The molecule has 31 heavy (non-hydrogen) atoms. The summed E-state index contributed by atoms with van der Waals surface area (Å²) in [4.78, 5) is 29.7. The van der Waals surface area contributed by atoms with E-state index >= 15 is 0 Å². The molecule has 1 aromatic heterocycles. The maximum Gasteiger partial charge on any atom is 0.323 e. The van der Waals surface area contributed by atoms with E-state index in [1.54, 1.807) is 0 Å². The van der Waals surface area contributed by atoms with Crippen LogP contribution in [-0.2, 0) is 27.8 Å². The van der Waals surface area contributed by atoms with Gasteiger partial charge in [0.1, 0.15) is 23.5 Å². The number of benzene rings is 1. The number of aliphatic carboxylic acids is 1. The van der Waals surface area contributed by atoms with Crippen LogP contribution in [0.15, 0.2) is 24.3 Å². The molecule has 1 aliphatic rings. The third kappa shape index (κ3) is 6.06. The maximum absolute atomic E-state index is 13.0. The molecule has 0 radical (unpaired) electrons. The Hall–Kier alpha value is -2.41. The van der Waals surface area contributed by atoms with Gasteiger partial charge < -0.3 is 14.4 Å². The summed E-state index contributed by atoms with van der Waals surface area (Å²) in [7, 11) is 1.94. The van der Waals surface area contributed by atoms with Crippen LogP contribution >= 0.6 is 0 Å². The number of ether oxygens (including phenoxy) is 1. The first-order chi connectivity index (χ1) is 14.7. The maximum atomic E-state index is 13.0. The third-order valence-corrected chi connectivity index (χ3v) is 6.00. The van der Waals surface area contributed by atoms with E-state index in [9.17, 15) is 14.7 Å². The van der Waals surface area contributed by atoms with Gasteiger partial charge in [-0.3, -0.25) is 14.9 Å². The molecule has 2 aromatic rings. The van der Waals surface area contributed by atoms with Crippen LogP contribution < -0.4 is 5.32 Å². The highest BCUT2D eigenvalue weighted by atomic mass is 16.6. The van der Waals surface area contributed by atoms with Crippen molar-refractivity contribution in [2.24, 2.45) is 13.0 Å². The van der Waals surface area contributed by atoms with Gasteiger partial charge in [-0.1, -0.05) is 31.4 Å². The van der Waals surface area contributed by atoms with Gasteiger partial charge in [0.2, 0.25) is 0 Å². The van der Waals surface area contributed by atoms with Crippen LogP contribution in [0.2, 0.25) is 0 Å². The number of carboxylic acids is 1. The lowest BCUT2D eigenvalue weighted by atomic mass is 9.83. The smallest absolute Gasteiger partial charge is 0.323 e. The van der Waals surface area contributed by atoms with Gasteiger partial charge in [0.25, 0.3) is 0 Å². The van der Waals surface area contributed by atoms with E-state index < -0.39 is 23.7 Å². The Bertz CT molecular complexity index is 909. The molecule has 7 heteroatoms. The summed E-state index contributed by atoms with van der Waals surface area (Å²) in [5, 5.41) is 13.0. The summed E-state index contributed by atoms with van der Waals surface area (Å²) in [6.45, 7) is 5.51. The fourth-order valence-electron chi connectivity index (χ4n) is 4.42. The number of fused-ring (bicyclic) bond motifs is 1. The highest BCUT2D eigenvalue weighted by Gasteiger charge is 2.36. The molecule has 1 fully saturated rings. The molecule has 0 saturated heterocycles. The first-order valence-electron chi connectivity index (χ1n) is 11.3. The van der Waals surface area contributed by atoms with Crippen molar-refractivity contribution < 1.29 is 19.4 Å². The number of aryl methyl sites for hydroxylation is 2. The number of nitrogens with one attached hydrogen (secondary N) is 1. The van der Waals surface area contributed by atoms with Crippen molar-refractivity contribution in [1.29, 1.82) is 0 Å². The molecule has 0 bridgehead atoms. The average Bonchev–Trinajstić information content (AvgIpc) is 3.03. The number of para-hydroxylation sites is 2. The van der Waals surface area contributed by atoms with Crippen LogP contribution in [0.1, 0.15) is 65.1 Å². The number of hydrogen-bond acceptors (Lipinski definition) is 5. The Morgan fingerprint density at radius 1 is 1.23 bits per heavy atom. The predicted octanol–water partition coefficient (Wildman–Crippen LogP) is 3.84. The average molecular weight is 430 g/mol. The third-order valence-electron chi connectivity index (χ3n) is 6.00. The highest BCUT2D eigenvalue weighted by molar-refractivity contribution is 5.79. The molecular formula is C24H35N3O4. The second-order valence-corrected chi connectivity index (χ2v) is 9.58. The number of nitrogens with zero attached hydrogens (tertiary/aromatic N) is 2. The van der Waals surface area contributed by atoms with Crippen LogP contribution in [0.3, 0.4) is 0 Å². The molecule has 1 aliphatic carbocycles. The van der Waals surface area contributed by atoms with Crippen molar-refractivity contribution in [2.45, 2.75) is 83.4 Å². The summed E-state index contributed by atoms with van der Waals surface area (Å²) in [5.41, 5.74) is 1.30. The standard InChI is InChI=1S/C24H35N3O4/c1-24(2,3)31-23(30)21(16-10-6-5-7-11-16)26-18(22(28)29)14-15-20-25-17-12-8-9-13-19(17)27(20)4/h8-9,12-13,16,18,21,26H,5-7,10-11,14-15H2,1-4H3,(H,28,29)/t18?,21-/m0/s1. The van der Waals surface area contributed by atoms with E-state index in [0.29, 0.717) is 12.8 Å². The Kier molecular flexibility index (Phi) is 7.36. The molecule has 2 atom stereocenters. The van der Waals surface area contributed by atoms with E-state index in [0.717, 1.165) is 49.0 Å². The van der Waals surface area contributed by atoms with E-state index in [2.05, 4.69) is 10.3 Å². The molecule has 0 aliphatic heterocycles. The second kappa shape index (κ2) is 9.81. The number of imidazole rings is 1. The predicted molar refractivity (Wildman–Crippen MR) is 120 cm³/mol. The van der Waals surface area contributed by atoms with Crippen molar-refractivity contribution in [3.63, 3.8) is 0 Å². The normalized spacial score (nSPS) is 17.4. The fraction of sp³-hybridized carbons (Fsp3) is 0.625. The van der Waals surface area contributed by atoms with Crippen molar-refractivity contribution >= 4 is 23.0 Å². The lowest BCUT2D eigenvalue weighted by molar-refractivity contribution is -0.160. The molecule has 2 N–H and O–H groups in total. The van der Waals surface area contributed by atoms with Gasteiger partial charge in [-0.15, -0.1) is 0 Å². The minimum absolute atomic E-state index is 0.0983. The molecule has 1 aromatic carbocycles. The number of aromatic nitrogens is 2. The van der Waals surface area contributed by atoms with E-state index in [1.165, 1.54) is 0 Å². The zero-order valence-corrected chi connectivity index (χ0v) is 19.1. The van der Waals surface area contributed by atoms with Gasteiger partial charge in [-0.25, -0.2) is 4.98 Å². The first kappa shape index (κ1) is 23.3. The van der Waals surface area contributed by atoms with E-state index in [4.69, 9.17) is 4.74 Å².